The van der Waals surface area contributed by atoms with Crippen LogP contribution in [0.15, 0.2) is 32.8 Å². The van der Waals surface area contributed by atoms with Crippen LogP contribution in [0.25, 0.3) is 22.6 Å². The number of nitrogens with one attached hydrogen (secondary N) is 3. The highest BCUT2D eigenvalue weighted by Gasteiger charge is 2.13. The standard InChI is InChI=1S/C11H9N5O3/c1-16-9-7(10(18)15-11(16)19)13-8(14-9)5-4-12-3-2-6(5)17/h2-4H,1H3,(H,12,17)(H,13,14)(H,15,18,19). The molecule has 3 aromatic rings. The Morgan fingerprint density at radius 1 is 1.21 bits per heavy atom. The molecule has 3 rings (SSSR count). The number of hydrogen-bond donors (Lipinski definition) is 3. The topological polar surface area (TPSA) is 116 Å². The highest BCUT2D eigenvalue weighted by molar-refractivity contribution is 5.74. The van der Waals surface area contributed by atoms with Gasteiger partial charge < -0.3 is 9.97 Å². The van der Waals surface area contributed by atoms with E-state index in [1.807, 2.05) is 0 Å². The summed E-state index contributed by atoms with van der Waals surface area (Å²) in [7, 11) is 1.49. The van der Waals surface area contributed by atoms with Gasteiger partial charge in [0.05, 0.1) is 5.56 Å². The van der Waals surface area contributed by atoms with Gasteiger partial charge in [0.25, 0.3) is 5.56 Å². The summed E-state index contributed by atoms with van der Waals surface area (Å²) >= 11 is 0. The van der Waals surface area contributed by atoms with E-state index in [9.17, 15) is 14.4 Å². The number of hydrogen-bond acceptors (Lipinski definition) is 4. The number of pyridine rings is 1. The zero-order chi connectivity index (χ0) is 13.6. The van der Waals surface area contributed by atoms with Crippen molar-refractivity contribution in [2.24, 2.45) is 7.05 Å². The largest absolute Gasteiger partial charge is 0.367 e. The van der Waals surface area contributed by atoms with Gasteiger partial charge in [-0.25, -0.2) is 9.78 Å². The summed E-state index contributed by atoms with van der Waals surface area (Å²) in [5.74, 6) is 0.239. The molecule has 0 fully saturated rings. The van der Waals surface area contributed by atoms with Crippen LogP contribution in [0.2, 0.25) is 0 Å². The van der Waals surface area contributed by atoms with Crippen LogP contribution < -0.4 is 16.7 Å². The first-order valence-corrected chi connectivity index (χ1v) is 5.44. The molecule has 0 atom stereocenters. The Kier molecular flexibility index (Phi) is 2.24. The minimum absolute atomic E-state index is 0.153. The lowest BCUT2D eigenvalue weighted by Gasteiger charge is -1.94. The first-order chi connectivity index (χ1) is 9.08. The molecule has 0 amide bonds. The number of aromatic amines is 3. The summed E-state index contributed by atoms with van der Waals surface area (Å²) < 4.78 is 1.20. The smallest absolute Gasteiger partial charge is 0.329 e. The Hall–Kier alpha value is -2.90. The number of H-pyrrole nitrogens is 3. The van der Waals surface area contributed by atoms with E-state index < -0.39 is 11.2 Å². The van der Waals surface area contributed by atoms with Gasteiger partial charge in [-0.2, -0.15) is 0 Å². The van der Waals surface area contributed by atoms with Crippen molar-refractivity contribution in [1.29, 1.82) is 0 Å². The number of imidazole rings is 1. The van der Waals surface area contributed by atoms with Crippen LogP contribution in [0.3, 0.4) is 0 Å². The van der Waals surface area contributed by atoms with E-state index in [4.69, 9.17) is 0 Å². The Bertz CT molecular complexity index is 943. The van der Waals surface area contributed by atoms with Gasteiger partial charge in [-0.1, -0.05) is 0 Å². The Labute approximate surface area is 104 Å². The van der Waals surface area contributed by atoms with Gasteiger partial charge in [-0.15, -0.1) is 0 Å². The van der Waals surface area contributed by atoms with Crippen LogP contribution in [0.4, 0.5) is 0 Å². The summed E-state index contributed by atoms with van der Waals surface area (Å²) in [6, 6.07) is 1.35. The van der Waals surface area contributed by atoms with Crippen molar-refractivity contribution < 1.29 is 0 Å². The minimum atomic E-state index is -0.566. The van der Waals surface area contributed by atoms with Crippen LogP contribution in [0.1, 0.15) is 0 Å². The second-order valence-corrected chi connectivity index (χ2v) is 4.02. The Morgan fingerprint density at radius 3 is 2.74 bits per heavy atom. The summed E-state index contributed by atoms with van der Waals surface area (Å²) in [5.41, 5.74) is -0.709. The molecule has 3 aromatic heterocycles. The maximum absolute atomic E-state index is 11.7. The molecule has 0 spiro atoms. The van der Waals surface area contributed by atoms with Crippen molar-refractivity contribution >= 4 is 11.2 Å². The fraction of sp³-hybridized carbons (Fsp3) is 0.0909. The molecule has 0 unspecified atom stereocenters. The molecule has 0 aliphatic heterocycles. The summed E-state index contributed by atoms with van der Waals surface area (Å²) in [4.78, 5) is 46.6. The van der Waals surface area contributed by atoms with Crippen molar-refractivity contribution in [3.63, 3.8) is 0 Å². The van der Waals surface area contributed by atoms with E-state index in [0.717, 1.165) is 0 Å². The fourth-order valence-electron chi connectivity index (χ4n) is 1.83. The van der Waals surface area contributed by atoms with Crippen LogP contribution >= 0.6 is 0 Å². The van der Waals surface area contributed by atoms with Crippen molar-refractivity contribution in [2.75, 3.05) is 0 Å². The summed E-state index contributed by atoms with van der Waals surface area (Å²) in [6.07, 6.45) is 2.98. The quantitative estimate of drug-likeness (QED) is 0.536. The number of rotatable bonds is 1. The molecule has 3 heterocycles. The highest BCUT2D eigenvalue weighted by Crippen LogP contribution is 2.12. The van der Waals surface area contributed by atoms with Crippen molar-refractivity contribution in [3.05, 3.63) is 49.5 Å². The molecule has 0 aromatic carbocycles. The van der Waals surface area contributed by atoms with Gasteiger partial charge in [0.15, 0.2) is 11.1 Å². The van der Waals surface area contributed by atoms with Gasteiger partial charge in [0, 0.05) is 25.5 Å². The number of nitrogens with zero attached hydrogens (tertiary/aromatic N) is 2. The lowest BCUT2D eigenvalue weighted by Crippen LogP contribution is -2.28. The van der Waals surface area contributed by atoms with Crippen LogP contribution in [-0.4, -0.2) is 24.5 Å². The van der Waals surface area contributed by atoms with Gasteiger partial charge in [-0.05, 0) is 0 Å². The first kappa shape index (κ1) is 11.2. The van der Waals surface area contributed by atoms with Gasteiger partial charge in [0.2, 0.25) is 0 Å². The van der Waals surface area contributed by atoms with E-state index in [2.05, 4.69) is 19.9 Å². The summed E-state index contributed by atoms with van der Waals surface area (Å²) in [5, 5.41) is 0. The molecule has 0 saturated carbocycles. The fourth-order valence-corrected chi connectivity index (χ4v) is 1.83. The third-order valence-electron chi connectivity index (χ3n) is 2.83. The normalized spacial score (nSPS) is 11.0. The lowest BCUT2D eigenvalue weighted by atomic mass is 10.3. The Morgan fingerprint density at radius 2 is 2.00 bits per heavy atom. The van der Waals surface area contributed by atoms with Gasteiger partial charge in [-0.3, -0.25) is 19.1 Å². The van der Waals surface area contributed by atoms with Crippen molar-refractivity contribution in [2.45, 2.75) is 0 Å². The van der Waals surface area contributed by atoms with Crippen LogP contribution in [0.5, 0.6) is 0 Å². The van der Waals surface area contributed by atoms with Crippen LogP contribution in [-0.2, 0) is 7.05 Å². The molecule has 96 valence electrons. The predicted molar refractivity (Wildman–Crippen MR) is 68.0 cm³/mol. The molecule has 0 saturated heterocycles. The maximum Gasteiger partial charge on any atom is 0.329 e. The van der Waals surface area contributed by atoms with Crippen molar-refractivity contribution in [1.82, 2.24) is 24.5 Å². The molecule has 3 N–H and O–H groups in total. The average Bonchev–Trinajstić information content (AvgIpc) is 2.82. The zero-order valence-corrected chi connectivity index (χ0v) is 9.85. The second-order valence-electron chi connectivity index (χ2n) is 4.02. The average molecular weight is 259 g/mol. The van der Waals surface area contributed by atoms with Gasteiger partial charge >= 0.3 is 5.69 Å². The van der Waals surface area contributed by atoms with E-state index in [1.165, 1.54) is 30.1 Å². The summed E-state index contributed by atoms with van der Waals surface area (Å²) in [6.45, 7) is 0. The lowest BCUT2D eigenvalue weighted by molar-refractivity contribution is 0.832. The van der Waals surface area contributed by atoms with E-state index in [1.54, 1.807) is 0 Å². The SMILES string of the molecule is Cn1c(=O)[nH]c(=O)c2[nH]c(-c3c[nH]ccc3=O)nc21. The highest BCUT2D eigenvalue weighted by atomic mass is 16.2. The minimum Gasteiger partial charge on any atom is -0.367 e. The Balaban J connectivity index is 2.41. The molecule has 0 aliphatic rings. The number of aryl methyl sites for hydroxylation is 1. The molecule has 0 bridgehead atoms. The molecule has 8 heteroatoms. The zero-order valence-electron chi connectivity index (χ0n) is 9.85. The molecular formula is C11H9N5O3. The second kappa shape index (κ2) is 3.80. The predicted octanol–water partition coefficient (Wildman–Crippen LogP) is -0.695. The first-order valence-electron chi connectivity index (χ1n) is 5.44. The van der Waals surface area contributed by atoms with E-state index >= 15 is 0 Å². The van der Waals surface area contributed by atoms with Gasteiger partial charge in [0.1, 0.15) is 11.3 Å². The maximum atomic E-state index is 11.7. The number of aromatic nitrogens is 5. The molecule has 19 heavy (non-hydrogen) atoms. The monoisotopic (exact) mass is 259 g/mol. The molecular weight excluding hydrogens is 250 g/mol. The molecule has 8 nitrogen and oxygen atoms in total. The van der Waals surface area contributed by atoms with E-state index in [0.29, 0.717) is 5.56 Å². The van der Waals surface area contributed by atoms with Crippen LogP contribution in [0, 0.1) is 0 Å². The molecule has 0 radical (unpaired) electrons. The molecule has 0 aliphatic carbocycles. The van der Waals surface area contributed by atoms with E-state index in [-0.39, 0.29) is 22.4 Å². The third-order valence-corrected chi connectivity index (χ3v) is 2.83. The third kappa shape index (κ3) is 1.61. The number of fused-ring (bicyclic) bond motifs is 1. The van der Waals surface area contributed by atoms with Crippen molar-refractivity contribution in [3.8, 4) is 11.4 Å².